The van der Waals surface area contributed by atoms with E-state index in [2.05, 4.69) is 26.9 Å². The van der Waals surface area contributed by atoms with Gasteiger partial charge < -0.3 is 9.47 Å². The van der Waals surface area contributed by atoms with Crippen LogP contribution in [0.3, 0.4) is 0 Å². The van der Waals surface area contributed by atoms with Crippen LogP contribution < -0.4 is 4.90 Å². The molecule has 1 aliphatic heterocycles. The number of hydrogen-bond acceptors (Lipinski definition) is 3. The summed E-state index contributed by atoms with van der Waals surface area (Å²) in [6.45, 7) is 2.77. The predicted molar refractivity (Wildman–Crippen MR) is 115 cm³/mol. The molecule has 2 aromatic carbocycles. The number of aromatic nitrogens is 3. The fourth-order valence-corrected chi connectivity index (χ4v) is 3.98. The van der Waals surface area contributed by atoms with E-state index in [0.29, 0.717) is 23.4 Å². The molecule has 5 rings (SSSR count). The van der Waals surface area contributed by atoms with Gasteiger partial charge in [-0.1, -0.05) is 30.3 Å². The maximum absolute atomic E-state index is 13.5. The number of H-pyrrole nitrogens is 1. The molecular formula is C24H20N4O2. The minimum atomic E-state index is -0.0555. The van der Waals surface area contributed by atoms with Crippen LogP contribution in [0.2, 0.25) is 0 Å². The Labute approximate surface area is 173 Å². The number of Topliss-reactive ketones (excluding diaryl/α,β-unsaturated/α-hetero) is 1. The van der Waals surface area contributed by atoms with E-state index in [9.17, 15) is 9.59 Å². The zero-order valence-corrected chi connectivity index (χ0v) is 16.5. The third-order valence-corrected chi connectivity index (χ3v) is 5.55. The topological polar surface area (TPSA) is 71.0 Å². The Morgan fingerprint density at radius 1 is 0.967 bits per heavy atom. The van der Waals surface area contributed by atoms with Gasteiger partial charge in [0.2, 0.25) is 0 Å². The average Bonchev–Trinajstić information content (AvgIpc) is 3.39. The van der Waals surface area contributed by atoms with Gasteiger partial charge in [0.05, 0.1) is 24.0 Å². The Balaban J connectivity index is 1.50. The third-order valence-electron chi connectivity index (χ3n) is 5.55. The van der Waals surface area contributed by atoms with Crippen LogP contribution in [0, 0.1) is 0 Å². The van der Waals surface area contributed by atoms with Crippen molar-refractivity contribution in [3.63, 3.8) is 0 Å². The van der Waals surface area contributed by atoms with Gasteiger partial charge in [-0.3, -0.25) is 14.7 Å². The monoisotopic (exact) mass is 396 g/mol. The van der Waals surface area contributed by atoms with E-state index in [1.54, 1.807) is 12.1 Å². The van der Waals surface area contributed by atoms with Crippen molar-refractivity contribution >= 4 is 17.4 Å². The summed E-state index contributed by atoms with van der Waals surface area (Å²) in [7, 11) is 0. The van der Waals surface area contributed by atoms with Gasteiger partial charge in [-0.25, -0.2) is 0 Å². The van der Waals surface area contributed by atoms with Crippen molar-refractivity contribution in [2.45, 2.75) is 20.0 Å². The molecule has 4 aromatic rings. The van der Waals surface area contributed by atoms with E-state index in [1.165, 1.54) is 13.1 Å². The zero-order chi connectivity index (χ0) is 20.7. The van der Waals surface area contributed by atoms with E-state index < -0.39 is 0 Å². The standard InChI is InChI=1S/C24H20N4O2/c1-16(29)21-13-25-26-23(21)17-8-10-18(11-9-17)24(30)28-15-20-6-4-12-27(20)14-19-5-2-3-7-22(19)28/h2-13H,14-15H2,1H3,(H,25,26). The number of para-hydroxylation sites is 1. The summed E-state index contributed by atoms with van der Waals surface area (Å²) >= 11 is 0. The first kappa shape index (κ1) is 18.1. The van der Waals surface area contributed by atoms with Crippen molar-refractivity contribution < 1.29 is 9.59 Å². The molecule has 0 fully saturated rings. The van der Waals surface area contributed by atoms with Gasteiger partial charge in [0.15, 0.2) is 5.78 Å². The number of carbonyl (C=O) groups is 2. The second kappa shape index (κ2) is 7.15. The SMILES string of the molecule is CC(=O)c1cn[nH]c1-c1ccc(C(=O)N2Cc3cccn3Cc3ccccc32)cc1. The summed E-state index contributed by atoms with van der Waals surface area (Å²) in [4.78, 5) is 27.1. The number of benzene rings is 2. The molecule has 2 aromatic heterocycles. The molecule has 0 bridgehead atoms. The van der Waals surface area contributed by atoms with Crippen LogP contribution in [-0.2, 0) is 13.1 Å². The van der Waals surface area contributed by atoms with Gasteiger partial charge in [-0.05, 0) is 42.8 Å². The molecule has 0 saturated carbocycles. The minimum absolute atomic E-state index is 0.0527. The van der Waals surface area contributed by atoms with E-state index in [0.717, 1.165) is 29.1 Å². The average molecular weight is 396 g/mol. The number of aromatic amines is 1. The lowest BCUT2D eigenvalue weighted by Gasteiger charge is -2.23. The fourth-order valence-electron chi connectivity index (χ4n) is 3.98. The van der Waals surface area contributed by atoms with Gasteiger partial charge in [0.1, 0.15) is 0 Å². The van der Waals surface area contributed by atoms with Crippen molar-refractivity contribution in [1.82, 2.24) is 14.8 Å². The van der Waals surface area contributed by atoms with Gasteiger partial charge in [0.25, 0.3) is 5.91 Å². The first-order valence-corrected chi connectivity index (χ1v) is 9.80. The van der Waals surface area contributed by atoms with E-state index in [4.69, 9.17) is 0 Å². The smallest absolute Gasteiger partial charge is 0.258 e. The first-order chi connectivity index (χ1) is 14.6. The number of nitrogens with one attached hydrogen (secondary N) is 1. The highest BCUT2D eigenvalue weighted by Gasteiger charge is 2.24. The van der Waals surface area contributed by atoms with Crippen molar-refractivity contribution in [2.24, 2.45) is 0 Å². The zero-order valence-electron chi connectivity index (χ0n) is 16.5. The summed E-state index contributed by atoms with van der Waals surface area (Å²) in [6, 6.07) is 19.4. The highest BCUT2D eigenvalue weighted by molar-refractivity contribution is 6.07. The number of nitrogens with zero attached hydrogens (tertiary/aromatic N) is 3. The minimum Gasteiger partial charge on any atom is -0.345 e. The highest BCUT2D eigenvalue weighted by atomic mass is 16.2. The molecule has 3 heterocycles. The molecule has 6 nitrogen and oxygen atoms in total. The number of ketones is 1. The summed E-state index contributed by atoms with van der Waals surface area (Å²) in [5.74, 6) is -0.108. The molecule has 0 atom stereocenters. The van der Waals surface area contributed by atoms with Crippen molar-refractivity contribution in [3.8, 4) is 11.3 Å². The van der Waals surface area contributed by atoms with Crippen LogP contribution in [0.15, 0.2) is 73.1 Å². The third kappa shape index (κ3) is 3.03. The number of amides is 1. The van der Waals surface area contributed by atoms with Gasteiger partial charge in [-0.2, -0.15) is 5.10 Å². The Kier molecular flexibility index (Phi) is 4.32. The molecule has 0 spiro atoms. The molecule has 1 aliphatic rings. The quantitative estimate of drug-likeness (QED) is 0.525. The number of fused-ring (bicyclic) bond motifs is 2. The Morgan fingerprint density at radius 2 is 1.77 bits per heavy atom. The number of rotatable bonds is 3. The summed E-state index contributed by atoms with van der Waals surface area (Å²) in [5.41, 5.74) is 5.76. The first-order valence-electron chi connectivity index (χ1n) is 9.80. The molecule has 0 unspecified atom stereocenters. The molecule has 30 heavy (non-hydrogen) atoms. The lowest BCUT2D eigenvalue weighted by Crippen LogP contribution is -2.30. The molecule has 0 aliphatic carbocycles. The van der Waals surface area contributed by atoms with E-state index >= 15 is 0 Å². The largest absolute Gasteiger partial charge is 0.345 e. The van der Waals surface area contributed by atoms with Crippen LogP contribution in [0.25, 0.3) is 11.3 Å². The lowest BCUT2D eigenvalue weighted by molar-refractivity contribution is 0.0982. The molecular weight excluding hydrogens is 376 g/mol. The lowest BCUT2D eigenvalue weighted by atomic mass is 10.0. The second-order valence-electron chi connectivity index (χ2n) is 7.44. The van der Waals surface area contributed by atoms with Crippen LogP contribution in [-0.4, -0.2) is 26.5 Å². The maximum atomic E-state index is 13.5. The Hall–Kier alpha value is -3.93. The van der Waals surface area contributed by atoms with Crippen LogP contribution in [0.5, 0.6) is 0 Å². The Bertz CT molecular complexity index is 1250. The predicted octanol–water partition coefficient (Wildman–Crippen LogP) is 4.29. The molecule has 0 radical (unpaired) electrons. The van der Waals surface area contributed by atoms with Gasteiger partial charge in [0, 0.05) is 35.2 Å². The van der Waals surface area contributed by atoms with Crippen molar-refractivity contribution in [3.05, 3.63) is 95.4 Å². The van der Waals surface area contributed by atoms with E-state index in [-0.39, 0.29) is 11.7 Å². The van der Waals surface area contributed by atoms with Crippen LogP contribution in [0.4, 0.5) is 5.69 Å². The number of hydrogen-bond donors (Lipinski definition) is 1. The summed E-state index contributed by atoms with van der Waals surface area (Å²) in [5, 5.41) is 6.85. The highest BCUT2D eigenvalue weighted by Crippen LogP contribution is 2.30. The van der Waals surface area contributed by atoms with Crippen molar-refractivity contribution in [2.75, 3.05) is 4.90 Å². The van der Waals surface area contributed by atoms with Gasteiger partial charge in [-0.15, -0.1) is 0 Å². The molecule has 0 saturated heterocycles. The number of anilines is 1. The van der Waals surface area contributed by atoms with Gasteiger partial charge >= 0.3 is 0 Å². The molecule has 6 heteroatoms. The van der Waals surface area contributed by atoms with Crippen LogP contribution in [0.1, 0.15) is 38.9 Å². The molecule has 148 valence electrons. The second-order valence-corrected chi connectivity index (χ2v) is 7.44. The summed E-state index contributed by atoms with van der Waals surface area (Å²) in [6.07, 6.45) is 3.58. The molecule has 1 amide bonds. The number of carbonyl (C=O) groups excluding carboxylic acids is 2. The summed E-state index contributed by atoms with van der Waals surface area (Å²) < 4.78 is 2.18. The maximum Gasteiger partial charge on any atom is 0.258 e. The van der Waals surface area contributed by atoms with Crippen LogP contribution >= 0.6 is 0 Å². The molecule has 1 N–H and O–H groups in total. The normalized spacial score (nSPS) is 12.8. The van der Waals surface area contributed by atoms with Crippen molar-refractivity contribution in [1.29, 1.82) is 0 Å². The fraction of sp³-hybridized carbons (Fsp3) is 0.125. The Morgan fingerprint density at radius 3 is 2.57 bits per heavy atom. The van der Waals surface area contributed by atoms with E-state index in [1.807, 2.05) is 47.5 Å².